The van der Waals surface area contributed by atoms with Crippen LogP contribution >= 0.6 is 23.5 Å². The molecule has 2 heterocycles. The molecule has 102 valence electrons. The minimum absolute atomic E-state index is 0.585. The topological polar surface area (TPSA) is 29.9 Å². The van der Waals surface area contributed by atoms with Crippen LogP contribution in [0.5, 0.6) is 0 Å². The number of thioether (sulfide) groups is 2. The zero-order valence-electron chi connectivity index (χ0n) is 11.3. The second-order valence-corrected chi connectivity index (χ2v) is 7.05. The molecule has 1 aromatic rings. The highest BCUT2D eigenvalue weighted by Crippen LogP contribution is 2.27. The monoisotopic (exact) mass is 285 g/mol. The van der Waals surface area contributed by atoms with Gasteiger partial charge in [0.25, 0.3) is 0 Å². The standard InChI is InChI=1S/C13H23N3S2/c1-3-14-12(13-10-17-5-6-18-13)7-11-8-15-16(4-2)9-11/h8-9,12-14H,3-7,10H2,1-2H3. The predicted molar refractivity (Wildman–Crippen MR) is 82.6 cm³/mol. The molecular formula is C13H23N3S2. The van der Waals surface area contributed by atoms with E-state index in [1.54, 1.807) is 0 Å². The fourth-order valence-corrected chi connectivity index (χ4v) is 5.16. The maximum Gasteiger partial charge on any atom is 0.0522 e. The first-order valence-electron chi connectivity index (χ1n) is 6.77. The number of aromatic nitrogens is 2. The fraction of sp³-hybridized carbons (Fsp3) is 0.769. The van der Waals surface area contributed by atoms with Gasteiger partial charge in [0.05, 0.1) is 6.20 Å². The highest BCUT2D eigenvalue weighted by molar-refractivity contribution is 8.06. The Bertz CT molecular complexity index is 348. The SMILES string of the molecule is CCNC(Cc1cnn(CC)c1)C1CSCCS1. The van der Waals surface area contributed by atoms with Gasteiger partial charge in [-0.1, -0.05) is 6.92 Å². The van der Waals surface area contributed by atoms with Crippen molar-refractivity contribution in [2.24, 2.45) is 0 Å². The van der Waals surface area contributed by atoms with E-state index in [9.17, 15) is 0 Å². The fourth-order valence-electron chi connectivity index (χ4n) is 2.27. The van der Waals surface area contributed by atoms with E-state index >= 15 is 0 Å². The molecule has 3 nitrogen and oxygen atoms in total. The van der Waals surface area contributed by atoms with Crippen molar-refractivity contribution in [3.05, 3.63) is 18.0 Å². The molecule has 1 saturated heterocycles. The summed E-state index contributed by atoms with van der Waals surface area (Å²) in [5, 5.41) is 8.77. The molecule has 1 fully saturated rings. The van der Waals surface area contributed by atoms with Crippen LogP contribution in [0.2, 0.25) is 0 Å². The van der Waals surface area contributed by atoms with Crippen LogP contribution in [0.3, 0.4) is 0 Å². The molecule has 2 unspecified atom stereocenters. The molecule has 0 bridgehead atoms. The molecule has 1 aromatic heterocycles. The Morgan fingerprint density at radius 3 is 3.00 bits per heavy atom. The van der Waals surface area contributed by atoms with Gasteiger partial charge in [-0.2, -0.15) is 28.6 Å². The molecule has 0 aromatic carbocycles. The summed E-state index contributed by atoms with van der Waals surface area (Å²) in [6.45, 7) is 6.34. The van der Waals surface area contributed by atoms with Gasteiger partial charge in [-0.15, -0.1) is 0 Å². The molecule has 0 saturated carbocycles. The van der Waals surface area contributed by atoms with Crippen molar-refractivity contribution >= 4 is 23.5 Å². The molecule has 1 N–H and O–H groups in total. The normalized spacial score (nSPS) is 22.0. The molecule has 0 spiro atoms. The lowest BCUT2D eigenvalue weighted by Gasteiger charge is -2.29. The summed E-state index contributed by atoms with van der Waals surface area (Å²) in [7, 11) is 0. The number of hydrogen-bond donors (Lipinski definition) is 1. The highest BCUT2D eigenvalue weighted by atomic mass is 32.2. The van der Waals surface area contributed by atoms with Crippen LogP contribution < -0.4 is 5.32 Å². The van der Waals surface area contributed by atoms with Crippen molar-refractivity contribution in [1.82, 2.24) is 15.1 Å². The molecule has 2 atom stereocenters. The number of rotatable bonds is 6. The van der Waals surface area contributed by atoms with Crippen molar-refractivity contribution in [3.8, 4) is 0 Å². The molecule has 1 aliphatic heterocycles. The minimum atomic E-state index is 0.585. The van der Waals surface area contributed by atoms with Gasteiger partial charge in [0.2, 0.25) is 0 Å². The highest BCUT2D eigenvalue weighted by Gasteiger charge is 2.24. The third kappa shape index (κ3) is 3.93. The molecule has 5 heteroatoms. The number of nitrogens with one attached hydrogen (secondary N) is 1. The van der Waals surface area contributed by atoms with E-state index in [0.29, 0.717) is 6.04 Å². The lowest BCUT2D eigenvalue weighted by atomic mass is 10.1. The first kappa shape index (κ1) is 14.3. The van der Waals surface area contributed by atoms with E-state index in [-0.39, 0.29) is 0 Å². The maximum atomic E-state index is 4.37. The van der Waals surface area contributed by atoms with Crippen LogP contribution in [0, 0.1) is 0 Å². The van der Waals surface area contributed by atoms with Crippen molar-refractivity contribution < 1.29 is 0 Å². The second kappa shape index (κ2) is 7.46. The predicted octanol–water partition coefficient (Wildman–Crippen LogP) is 2.27. The van der Waals surface area contributed by atoms with Gasteiger partial charge < -0.3 is 5.32 Å². The van der Waals surface area contributed by atoms with Gasteiger partial charge in [0, 0.05) is 41.3 Å². The second-order valence-electron chi connectivity index (χ2n) is 4.56. The summed E-state index contributed by atoms with van der Waals surface area (Å²) in [4.78, 5) is 0. The van der Waals surface area contributed by atoms with Crippen molar-refractivity contribution in [3.63, 3.8) is 0 Å². The average molecular weight is 285 g/mol. The van der Waals surface area contributed by atoms with Gasteiger partial charge in [-0.25, -0.2) is 0 Å². The minimum Gasteiger partial charge on any atom is -0.313 e. The quantitative estimate of drug-likeness (QED) is 0.868. The zero-order valence-corrected chi connectivity index (χ0v) is 12.9. The average Bonchev–Trinajstić information content (AvgIpc) is 2.87. The summed E-state index contributed by atoms with van der Waals surface area (Å²) < 4.78 is 2.01. The molecule has 0 amide bonds. The Morgan fingerprint density at radius 2 is 2.39 bits per heavy atom. The van der Waals surface area contributed by atoms with Gasteiger partial charge in [0.15, 0.2) is 0 Å². The van der Waals surface area contributed by atoms with E-state index in [1.807, 2.05) is 10.9 Å². The number of aryl methyl sites for hydroxylation is 1. The van der Waals surface area contributed by atoms with E-state index < -0.39 is 0 Å². The third-order valence-corrected chi connectivity index (χ3v) is 6.14. The van der Waals surface area contributed by atoms with Crippen LogP contribution in [-0.4, -0.2) is 44.9 Å². The summed E-state index contributed by atoms with van der Waals surface area (Å²) >= 11 is 4.23. The molecule has 0 radical (unpaired) electrons. The lowest BCUT2D eigenvalue weighted by molar-refractivity contribution is 0.522. The third-order valence-electron chi connectivity index (χ3n) is 3.22. The Balaban J connectivity index is 1.95. The Labute approximate surface area is 118 Å². The van der Waals surface area contributed by atoms with Crippen molar-refractivity contribution in [1.29, 1.82) is 0 Å². The molecule has 1 aliphatic rings. The Morgan fingerprint density at radius 1 is 1.50 bits per heavy atom. The van der Waals surface area contributed by atoms with E-state index in [0.717, 1.165) is 24.8 Å². The van der Waals surface area contributed by atoms with Crippen LogP contribution in [-0.2, 0) is 13.0 Å². The Hall–Kier alpha value is -0.130. The van der Waals surface area contributed by atoms with Gasteiger partial charge in [0.1, 0.15) is 0 Å². The van der Waals surface area contributed by atoms with Crippen LogP contribution in [0.1, 0.15) is 19.4 Å². The summed E-state index contributed by atoms with van der Waals surface area (Å²) in [6, 6.07) is 0.585. The van der Waals surface area contributed by atoms with Gasteiger partial charge >= 0.3 is 0 Å². The zero-order chi connectivity index (χ0) is 12.8. The summed E-state index contributed by atoms with van der Waals surface area (Å²) in [5.74, 6) is 3.89. The first-order chi connectivity index (χ1) is 8.83. The number of likely N-dealkylation sites (N-methyl/N-ethyl adjacent to an activating group) is 1. The Kier molecular flexibility index (Phi) is 5.92. The van der Waals surface area contributed by atoms with Crippen LogP contribution in [0.15, 0.2) is 12.4 Å². The molecule has 0 aliphatic carbocycles. The molecular weight excluding hydrogens is 262 g/mol. The largest absolute Gasteiger partial charge is 0.313 e. The first-order valence-corrected chi connectivity index (χ1v) is 8.97. The maximum absolute atomic E-state index is 4.37. The summed E-state index contributed by atoms with van der Waals surface area (Å²) in [6.07, 6.45) is 5.31. The van der Waals surface area contributed by atoms with E-state index in [2.05, 4.69) is 54.0 Å². The smallest absolute Gasteiger partial charge is 0.0522 e. The number of hydrogen-bond acceptors (Lipinski definition) is 4. The van der Waals surface area contributed by atoms with Crippen LogP contribution in [0.25, 0.3) is 0 Å². The van der Waals surface area contributed by atoms with Crippen LogP contribution in [0.4, 0.5) is 0 Å². The van der Waals surface area contributed by atoms with Gasteiger partial charge in [-0.05, 0) is 25.5 Å². The van der Waals surface area contributed by atoms with E-state index in [1.165, 1.54) is 22.8 Å². The number of nitrogens with zero attached hydrogens (tertiary/aromatic N) is 2. The van der Waals surface area contributed by atoms with Crippen molar-refractivity contribution in [2.45, 2.75) is 38.1 Å². The molecule has 2 rings (SSSR count). The lowest BCUT2D eigenvalue weighted by Crippen LogP contribution is -2.42. The van der Waals surface area contributed by atoms with Gasteiger partial charge in [-0.3, -0.25) is 4.68 Å². The van der Waals surface area contributed by atoms with E-state index in [4.69, 9.17) is 0 Å². The summed E-state index contributed by atoms with van der Waals surface area (Å²) in [5.41, 5.74) is 1.36. The van der Waals surface area contributed by atoms with Crippen molar-refractivity contribution in [2.75, 3.05) is 23.8 Å². The molecule has 18 heavy (non-hydrogen) atoms.